The van der Waals surface area contributed by atoms with Gasteiger partial charge in [0.25, 0.3) is 0 Å². The summed E-state index contributed by atoms with van der Waals surface area (Å²) in [5.74, 6) is -1.55. The molecule has 0 amide bonds. The normalized spacial score (nSPS) is 14.5. The summed E-state index contributed by atoms with van der Waals surface area (Å²) < 4.78 is 0. The molecule has 5 N–H and O–H groups in total. The van der Waals surface area contributed by atoms with Gasteiger partial charge in [0.05, 0.1) is 5.69 Å². The first-order valence-corrected chi connectivity index (χ1v) is 4.67. The van der Waals surface area contributed by atoms with Gasteiger partial charge in [-0.1, -0.05) is 0 Å². The number of pyridine rings is 1. The number of aliphatic hydroxyl groups excluding tert-OH is 1. The largest absolute Gasteiger partial charge is 0.506 e. The summed E-state index contributed by atoms with van der Waals surface area (Å²) in [4.78, 5) is 14.5. The number of aliphatic carboxylic acids is 1. The maximum atomic E-state index is 10.6. The lowest BCUT2D eigenvalue weighted by Crippen LogP contribution is -2.36. The Bertz CT molecular complexity index is 420. The summed E-state index contributed by atoms with van der Waals surface area (Å²) in [5.41, 5.74) is 6.22. The number of carboxylic acids is 1. The summed E-state index contributed by atoms with van der Waals surface area (Å²) in [6.45, 7) is 3.16. The number of nitrogens with zero attached hydrogens (tertiary/aromatic N) is 1. The van der Waals surface area contributed by atoms with Crippen molar-refractivity contribution in [2.45, 2.75) is 26.0 Å². The van der Waals surface area contributed by atoms with Crippen LogP contribution in [0.25, 0.3) is 0 Å². The molecular formula is C10H14N2O4. The molecule has 0 radical (unpaired) electrons. The number of carbonyl (C=O) groups is 1. The van der Waals surface area contributed by atoms with Gasteiger partial charge >= 0.3 is 5.97 Å². The predicted molar refractivity (Wildman–Crippen MR) is 55.9 cm³/mol. The zero-order valence-electron chi connectivity index (χ0n) is 9.01. The van der Waals surface area contributed by atoms with Crippen LogP contribution in [0, 0.1) is 13.8 Å². The van der Waals surface area contributed by atoms with E-state index in [4.69, 9.17) is 10.8 Å². The van der Waals surface area contributed by atoms with Gasteiger partial charge in [-0.05, 0) is 19.4 Å². The van der Waals surface area contributed by atoms with Crippen molar-refractivity contribution in [1.29, 1.82) is 0 Å². The smallest absolute Gasteiger partial charge is 0.323 e. The Morgan fingerprint density at radius 1 is 1.50 bits per heavy atom. The fourth-order valence-corrected chi connectivity index (χ4v) is 1.39. The standard InChI is InChI=1S/C10H14N2O4/c1-4-3-12-5(2)8(13)6(4)9(14)7(11)10(15)16/h3,7,9,13-14H,11H2,1-2H3,(H,15,16)/t7-,9+/m0/s1. The van der Waals surface area contributed by atoms with E-state index >= 15 is 0 Å². The van der Waals surface area contributed by atoms with Crippen molar-refractivity contribution in [3.8, 4) is 5.75 Å². The fraction of sp³-hybridized carbons (Fsp3) is 0.400. The van der Waals surface area contributed by atoms with Crippen molar-refractivity contribution < 1.29 is 20.1 Å². The molecule has 0 saturated heterocycles. The minimum absolute atomic E-state index is 0.113. The molecule has 0 aliphatic carbocycles. The van der Waals surface area contributed by atoms with E-state index in [1.54, 1.807) is 13.8 Å². The van der Waals surface area contributed by atoms with Gasteiger partial charge in [0.15, 0.2) is 0 Å². The molecule has 0 spiro atoms. The molecule has 2 atom stereocenters. The summed E-state index contributed by atoms with van der Waals surface area (Å²) in [5, 5.41) is 28.1. The van der Waals surface area contributed by atoms with Crippen LogP contribution < -0.4 is 5.73 Å². The lowest BCUT2D eigenvalue weighted by Gasteiger charge is -2.19. The first-order valence-electron chi connectivity index (χ1n) is 4.67. The maximum Gasteiger partial charge on any atom is 0.323 e. The zero-order chi connectivity index (χ0) is 12.5. The molecule has 0 unspecified atom stereocenters. The van der Waals surface area contributed by atoms with Crippen LogP contribution in [0.4, 0.5) is 0 Å². The number of aromatic nitrogens is 1. The molecule has 0 fully saturated rings. The molecule has 88 valence electrons. The number of aromatic hydroxyl groups is 1. The SMILES string of the molecule is Cc1cnc(C)c(O)c1[C@@H](O)[C@H](N)C(=O)O. The van der Waals surface area contributed by atoms with E-state index in [0.29, 0.717) is 11.3 Å². The van der Waals surface area contributed by atoms with E-state index in [1.807, 2.05) is 0 Å². The molecule has 16 heavy (non-hydrogen) atoms. The Balaban J connectivity index is 3.22. The highest BCUT2D eigenvalue weighted by atomic mass is 16.4. The Labute approximate surface area is 92.4 Å². The van der Waals surface area contributed by atoms with Crippen molar-refractivity contribution in [1.82, 2.24) is 4.98 Å². The quantitative estimate of drug-likeness (QED) is 0.569. The van der Waals surface area contributed by atoms with Crippen LogP contribution in [0.3, 0.4) is 0 Å². The summed E-state index contributed by atoms with van der Waals surface area (Å²) in [7, 11) is 0. The minimum atomic E-state index is -1.48. The minimum Gasteiger partial charge on any atom is -0.506 e. The van der Waals surface area contributed by atoms with Crippen molar-refractivity contribution in [3.05, 3.63) is 23.0 Å². The average molecular weight is 226 g/mol. The maximum absolute atomic E-state index is 10.6. The Morgan fingerprint density at radius 3 is 2.56 bits per heavy atom. The number of aryl methyl sites for hydroxylation is 2. The molecule has 0 aromatic carbocycles. The van der Waals surface area contributed by atoms with Crippen LogP contribution in [-0.2, 0) is 4.79 Å². The average Bonchev–Trinajstić information content (AvgIpc) is 2.22. The van der Waals surface area contributed by atoms with E-state index in [1.165, 1.54) is 6.20 Å². The van der Waals surface area contributed by atoms with Gasteiger partial charge in [-0.25, -0.2) is 0 Å². The number of hydrogen-bond acceptors (Lipinski definition) is 5. The third-order valence-corrected chi connectivity index (χ3v) is 2.40. The van der Waals surface area contributed by atoms with Crippen LogP contribution >= 0.6 is 0 Å². The molecule has 1 aromatic rings. The highest BCUT2D eigenvalue weighted by Gasteiger charge is 2.28. The number of nitrogens with two attached hydrogens (primary N) is 1. The van der Waals surface area contributed by atoms with Gasteiger partial charge in [-0.3, -0.25) is 9.78 Å². The molecule has 0 aliphatic heterocycles. The van der Waals surface area contributed by atoms with Crippen molar-refractivity contribution in [2.75, 3.05) is 0 Å². The van der Waals surface area contributed by atoms with Crippen LogP contribution in [0.2, 0.25) is 0 Å². The zero-order valence-corrected chi connectivity index (χ0v) is 9.01. The number of rotatable bonds is 3. The molecule has 1 heterocycles. The Kier molecular flexibility index (Phi) is 3.46. The second-order valence-electron chi connectivity index (χ2n) is 3.60. The number of hydrogen-bond donors (Lipinski definition) is 4. The van der Waals surface area contributed by atoms with E-state index < -0.39 is 18.1 Å². The summed E-state index contributed by atoms with van der Waals surface area (Å²) in [6.07, 6.45) is -0.0125. The third-order valence-electron chi connectivity index (χ3n) is 2.40. The highest BCUT2D eigenvalue weighted by Crippen LogP contribution is 2.30. The van der Waals surface area contributed by atoms with Crippen LogP contribution in [-0.4, -0.2) is 32.3 Å². The molecule has 6 nitrogen and oxygen atoms in total. The molecule has 1 aromatic heterocycles. The van der Waals surface area contributed by atoms with Crippen molar-refractivity contribution in [3.63, 3.8) is 0 Å². The lowest BCUT2D eigenvalue weighted by atomic mass is 9.98. The fourth-order valence-electron chi connectivity index (χ4n) is 1.39. The van der Waals surface area contributed by atoms with E-state index in [-0.39, 0.29) is 11.3 Å². The van der Waals surface area contributed by atoms with Crippen molar-refractivity contribution >= 4 is 5.97 Å². The van der Waals surface area contributed by atoms with Crippen LogP contribution in [0.5, 0.6) is 5.75 Å². The molecule has 0 saturated carbocycles. The Morgan fingerprint density at radius 2 is 2.06 bits per heavy atom. The Hall–Kier alpha value is -1.66. The third kappa shape index (κ3) is 2.12. The van der Waals surface area contributed by atoms with Gasteiger partial charge in [-0.15, -0.1) is 0 Å². The van der Waals surface area contributed by atoms with Gasteiger partial charge in [0.1, 0.15) is 17.9 Å². The van der Waals surface area contributed by atoms with Crippen molar-refractivity contribution in [2.24, 2.45) is 5.73 Å². The monoisotopic (exact) mass is 226 g/mol. The number of carboxylic acid groups (broad SMARTS) is 1. The second-order valence-corrected chi connectivity index (χ2v) is 3.60. The molecule has 6 heteroatoms. The van der Waals surface area contributed by atoms with Gasteiger partial charge in [0, 0.05) is 11.8 Å². The van der Waals surface area contributed by atoms with E-state index in [0.717, 1.165) is 0 Å². The highest BCUT2D eigenvalue weighted by molar-refractivity contribution is 5.74. The summed E-state index contributed by atoms with van der Waals surface area (Å²) >= 11 is 0. The predicted octanol–water partition coefficient (Wildman–Crippen LogP) is -0.151. The summed E-state index contributed by atoms with van der Waals surface area (Å²) in [6, 6.07) is -1.48. The van der Waals surface area contributed by atoms with E-state index in [2.05, 4.69) is 4.98 Å². The molecular weight excluding hydrogens is 212 g/mol. The van der Waals surface area contributed by atoms with E-state index in [9.17, 15) is 15.0 Å². The first kappa shape index (κ1) is 12.4. The molecule has 0 aliphatic rings. The molecule has 1 rings (SSSR count). The first-order chi connectivity index (χ1) is 7.36. The van der Waals surface area contributed by atoms with Gasteiger partial charge in [0.2, 0.25) is 0 Å². The lowest BCUT2D eigenvalue weighted by molar-refractivity contribution is -0.141. The van der Waals surface area contributed by atoms with Crippen LogP contribution in [0.1, 0.15) is 22.9 Å². The second kappa shape index (κ2) is 4.46. The van der Waals surface area contributed by atoms with Crippen LogP contribution in [0.15, 0.2) is 6.20 Å². The molecule has 0 bridgehead atoms. The van der Waals surface area contributed by atoms with Gasteiger partial charge in [-0.2, -0.15) is 0 Å². The van der Waals surface area contributed by atoms with Gasteiger partial charge < -0.3 is 21.1 Å². The number of aliphatic hydroxyl groups is 1. The topological polar surface area (TPSA) is 117 Å².